The van der Waals surface area contributed by atoms with Gasteiger partial charge in [0.05, 0.1) is 11.4 Å². The molecule has 182 valence electrons. The van der Waals surface area contributed by atoms with Crippen molar-refractivity contribution in [2.75, 3.05) is 5.32 Å². The van der Waals surface area contributed by atoms with Crippen LogP contribution in [0.4, 0.5) is 5.95 Å². The molecule has 7 nitrogen and oxygen atoms in total. The summed E-state index contributed by atoms with van der Waals surface area (Å²) in [7, 11) is 0. The zero-order valence-electron chi connectivity index (χ0n) is 20.5. The molecule has 3 fully saturated rings. The highest BCUT2D eigenvalue weighted by Crippen LogP contribution is 2.40. The number of aliphatic carboxylic acids is 1. The Bertz CT molecular complexity index is 1070. The standard InChI is InChI=1S/C27H36N4O3/c1-27(2,3)19-5-7-20(8-6-19)29-26-28-15-18-12-16(4-11-23(18)30-26)24(32)31-21-9-10-22(31)14-17(13-21)25(33)34/h4,11-12,15,17,19-22H,5-10,13-14H2,1-3H3,(H,33,34)(H,28,29,30)/t17?,19-,20+,21?,22?. The second-order valence-electron chi connectivity index (χ2n) is 11.6. The zero-order valence-corrected chi connectivity index (χ0v) is 20.5. The predicted octanol–water partition coefficient (Wildman–Crippen LogP) is 5.11. The number of hydrogen-bond acceptors (Lipinski definition) is 5. The van der Waals surface area contributed by atoms with Crippen LogP contribution < -0.4 is 5.32 Å². The molecule has 2 atom stereocenters. The number of benzene rings is 1. The number of carbonyl (C=O) groups is 2. The smallest absolute Gasteiger partial charge is 0.306 e. The van der Waals surface area contributed by atoms with Gasteiger partial charge in [0.25, 0.3) is 5.91 Å². The first kappa shape index (κ1) is 23.1. The summed E-state index contributed by atoms with van der Waals surface area (Å²) < 4.78 is 0. The lowest BCUT2D eigenvalue weighted by molar-refractivity contribution is -0.144. The Labute approximate surface area is 201 Å². The number of piperidine rings is 1. The van der Waals surface area contributed by atoms with Crippen LogP contribution in [0.1, 0.15) is 82.5 Å². The molecular formula is C27H36N4O3. The van der Waals surface area contributed by atoms with Crippen LogP contribution in [0.5, 0.6) is 0 Å². The van der Waals surface area contributed by atoms with Gasteiger partial charge in [-0.25, -0.2) is 9.97 Å². The van der Waals surface area contributed by atoms with Gasteiger partial charge in [-0.2, -0.15) is 0 Å². The summed E-state index contributed by atoms with van der Waals surface area (Å²) in [6, 6.07) is 6.08. The lowest BCUT2D eigenvalue weighted by atomic mass is 9.71. The van der Waals surface area contributed by atoms with Crippen molar-refractivity contribution in [1.29, 1.82) is 0 Å². The Hall–Kier alpha value is -2.70. The molecule has 0 spiro atoms. The molecule has 1 aromatic carbocycles. The normalized spacial score (nSPS) is 29.3. The van der Waals surface area contributed by atoms with Crippen molar-refractivity contribution >= 4 is 28.7 Å². The van der Waals surface area contributed by atoms with E-state index in [4.69, 9.17) is 4.98 Å². The SMILES string of the molecule is CC(C)(C)[C@H]1CC[C@@H](Nc2ncc3cc(C(=O)N4C5CCC4CC(C(=O)O)C5)ccc3n2)CC1. The van der Waals surface area contributed by atoms with E-state index in [1.165, 1.54) is 12.8 Å². The van der Waals surface area contributed by atoms with Gasteiger partial charge in [-0.1, -0.05) is 20.8 Å². The van der Waals surface area contributed by atoms with Crippen LogP contribution in [0.15, 0.2) is 24.4 Å². The molecule has 0 radical (unpaired) electrons. The van der Waals surface area contributed by atoms with Crippen LogP contribution in [0, 0.1) is 17.3 Å². The van der Waals surface area contributed by atoms with Crippen LogP contribution in [0.25, 0.3) is 10.9 Å². The topological polar surface area (TPSA) is 95.4 Å². The highest BCUT2D eigenvalue weighted by Gasteiger charge is 2.45. The van der Waals surface area contributed by atoms with Crippen molar-refractivity contribution in [1.82, 2.24) is 14.9 Å². The van der Waals surface area contributed by atoms with Gasteiger partial charge < -0.3 is 15.3 Å². The number of amides is 1. The largest absolute Gasteiger partial charge is 0.481 e. The molecule has 1 aromatic heterocycles. The first-order valence-corrected chi connectivity index (χ1v) is 12.8. The first-order chi connectivity index (χ1) is 16.2. The minimum absolute atomic E-state index is 0.00366. The summed E-state index contributed by atoms with van der Waals surface area (Å²) in [5, 5.41) is 13.8. The molecule has 2 N–H and O–H groups in total. The van der Waals surface area contributed by atoms with Gasteiger partial charge >= 0.3 is 5.97 Å². The van der Waals surface area contributed by atoms with E-state index < -0.39 is 5.97 Å². The number of aromatic nitrogens is 2. The van der Waals surface area contributed by atoms with E-state index in [2.05, 4.69) is 31.1 Å². The fraction of sp³-hybridized carbons (Fsp3) is 0.630. The Morgan fingerprint density at radius 1 is 1.03 bits per heavy atom. The van der Waals surface area contributed by atoms with Crippen molar-refractivity contribution in [3.8, 4) is 0 Å². The minimum Gasteiger partial charge on any atom is -0.481 e. The summed E-state index contributed by atoms with van der Waals surface area (Å²) in [6.45, 7) is 7.00. The maximum Gasteiger partial charge on any atom is 0.306 e. The van der Waals surface area contributed by atoms with E-state index >= 15 is 0 Å². The molecule has 34 heavy (non-hydrogen) atoms. The molecule has 2 bridgehead atoms. The van der Waals surface area contributed by atoms with Crippen molar-refractivity contribution in [3.05, 3.63) is 30.0 Å². The molecule has 7 heteroatoms. The van der Waals surface area contributed by atoms with Crippen LogP contribution in [0.3, 0.4) is 0 Å². The zero-order chi connectivity index (χ0) is 24.0. The molecule has 1 saturated carbocycles. The second-order valence-corrected chi connectivity index (χ2v) is 11.6. The van der Waals surface area contributed by atoms with Gasteiger partial charge in [-0.3, -0.25) is 9.59 Å². The maximum atomic E-state index is 13.3. The number of rotatable bonds is 4. The summed E-state index contributed by atoms with van der Waals surface area (Å²) in [4.78, 5) is 36.0. The van der Waals surface area contributed by atoms with Crippen LogP contribution in [0.2, 0.25) is 0 Å². The highest BCUT2D eigenvalue weighted by molar-refractivity contribution is 5.98. The summed E-state index contributed by atoms with van der Waals surface area (Å²) in [6.07, 6.45) is 9.43. The summed E-state index contributed by atoms with van der Waals surface area (Å²) in [5.41, 5.74) is 1.82. The van der Waals surface area contributed by atoms with Crippen LogP contribution in [-0.4, -0.2) is 50.0 Å². The van der Waals surface area contributed by atoms with Gasteiger partial charge in [0.2, 0.25) is 5.95 Å². The van der Waals surface area contributed by atoms with Gasteiger partial charge in [-0.05, 0) is 80.9 Å². The maximum absolute atomic E-state index is 13.3. The number of nitrogens with one attached hydrogen (secondary N) is 1. The first-order valence-electron chi connectivity index (χ1n) is 12.8. The third kappa shape index (κ3) is 4.49. The molecule has 2 saturated heterocycles. The second kappa shape index (κ2) is 8.82. The number of carboxylic acid groups (broad SMARTS) is 1. The van der Waals surface area contributed by atoms with E-state index in [1.54, 1.807) is 6.20 Å². The highest BCUT2D eigenvalue weighted by atomic mass is 16.4. The Morgan fingerprint density at radius 2 is 1.71 bits per heavy atom. The van der Waals surface area contributed by atoms with E-state index in [1.807, 2.05) is 23.1 Å². The van der Waals surface area contributed by atoms with Crippen LogP contribution >= 0.6 is 0 Å². The van der Waals surface area contributed by atoms with Crippen molar-refractivity contribution in [2.45, 2.75) is 90.3 Å². The number of anilines is 1. The summed E-state index contributed by atoms with van der Waals surface area (Å²) in [5.74, 6) is 0.347. The molecule has 1 aliphatic carbocycles. The number of carbonyl (C=O) groups excluding carboxylic acids is 1. The summed E-state index contributed by atoms with van der Waals surface area (Å²) >= 11 is 0. The molecule has 3 aliphatic rings. The Balaban J connectivity index is 1.26. The van der Waals surface area contributed by atoms with E-state index in [9.17, 15) is 14.7 Å². The number of nitrogens with zero attached hydrogens (tertiary/aromatic N) is 3. The average Bonchev–Trinajstić information content (AvgIpc) is 3.06. The van der Waals surface area contributed by atoms with Gasteiger partial charge in [-0.15, -0.1) is 0 Å². The molecule has 3 heterocycles. The van der Waals surface area contributed by atoms with E-state index in [0.717, 1.165) is 42.5 Å². The number of hydrogen-bond donors (Lipinski definition) is 2. The fourth-order valence-electron chi connectivity index (χ4n) is 6.38. The molecule has 2 aliphatic heterocycles. The van der Waals surface area contributed by atoms with Gasteiger partial charge in [0, 0.05) is 35.3 Å². The van der Waals surface area contributed by atoms with Gasteiger partial charge in [0.15, 0.2) is 0 Å². The third-order valence-corrected chi connectivity index (χ3v) is 8.43. The number of carboxylic acids is 1. The lowest BCUT2D eigenvalue weighted by Gasteiger charge is -2.37. The predicted molar refractivity (Wildman–Crippen MR) is 132 cm³/mol. The van der Waals surface area contributed by atoms with Crippen molar-refractivity contribution in [2.24, 2.45) is 17.3 Å². The molecular weight excluding hydrogens is 428 g/mol. The Kier molecular flexibility index (Phi) is 5.98. The van der Waals surface area contributed by atoms with Crippen LogP contribution in [-0.2, 0) is 4.79 Å². The van der Waals surface area contributed by atoms with Crippen molar-refractivity contribution in [3.63, 3.8) is 0 Å². The lowest BCUT2D eigenvalue weighted by Crippen LogP contribution is -2.47. The van der Waals surface area contributed by atoms with E-state index in [0.29, 0.717) is 35.8 Å². The Morgan fingerprint density at radius 3 is 2.32 bits per heavy atom. The van der Waals surface area contributed by atoms with Crippen molar-refractivity contribution < 1.29 is 14.7 Å². The molecule has 5 rings (SSSR count). The monoisotopic (exact) mass is 464 g/mol. The molecule has 2 unspecified atom stereocenters. The number of fused-ring (bicyclic) bond motifs is 3. The minimum atomic E-state index is -0.737. The molecule has 2 aromatic rings. The van der Waals surface area contributed by atoms with Gasteiger partial charge in [0.1, 0.15) is 0 Å². The van der Waals surface area contributed by atoms with E-state index in [-0.39, 0.29) is 23.9 Å². The average molecular weight is 465 g/mol. The molecule has 1 amide bonds. The quantitative estimate of drug-likeness (QED) is 0.652. The third-order valence-electron chi connectivity index (χ3n) is 8.43. The fourth-order valence-corrected chi connectivity index (χ4v) is 6.38.